The second kappa shape index (κ2) is 25.0. The first-order chi connectivity index (χ1) is 30.6. The maximum atomic E-state index is 14.3. The monoisotopic (exact) mass is 886 g/mol. The van der Waals surface area contributed by atoms with Crippen molar-refractivity contribution in [3.63, 3.8) is 0 Å². The van der Waals surface area contributed by atoms with Gasteiger partial charge in [0.15, 0.2) is 5.96 Å². The van der Waals surface area contributed by atoms with Crippen molar-refractivity contribution in [3.05, 3.63) is 90.1 Å². The second-order valence-electron chi connectivity index (χ2n) is 15.3. The number of guanidine groups is 1. The Morgan fingerprint density at radius 1 is 0.688 bits per heavy atom. The lowest BCUT2D eigenvalue weighted by Gasteiger charge is -2.27. The third-order valence-corrected chi connectivity index (χ3v) is 10.3. The molecule has 0 saturated heterocycles. The van der Waals surface area contributed by atoms with Crippen LogP contribution in [0.1, 0.15) is 68.7 Å². The number of hydrogen-bond acceptors (Lipinski definition) is 10. The van der Waals surface area contributed by atoms with Crippen molar-refractivity contribution in [1.82, 2.24) is 41.5 Å². The van der Waals surface area contributed by atoms with Gasteiger partial charge in [0.2, 0.25) is 29.5 Å². The number of para-hydroxylation sites is 1. The Morgan fingerprint density at radius 3 is 1.91 bits per heavy atom. The predicted molar refractivity (Wildman–Crippen MR) is 236 cm³/mol. The van der Waals surface area contributed by atoms with Gasteiger partial charge in [0, 0.05) is 61.2 Å². The van der Waals surface area contributed by atoms with Crippen LogP contribution in [-0.4, -0.2) is 115 Å². The van der Waals surface area contributed by atoms with E-state index in [9.17, 15) is 43.8 Å². The number of carboxylic acids is 2. The van der Waals surface area contributed by atoms with Gasteiger partial charge in [0.25, 0.3) is 0 Å². The Kier molecular flexibility index (Phi) is 19.3. The third-order valence-electron chi connectivity index (χ3n) is 10.3. The molecule has 0 bridgehead atoms. The summed E-state index contributed by atoms with van der Waals surface area (Å²) in [6.45, 7) is 2.00. The lowest BCUT2D eigenvalue weighted by molar-refractivity contribution is -0.142. The van der Waals surface area contributed by atoms with Crippen molar-refractivity contribution in [1.29, 1.82) is 0 Å². The lowest BCUT2D eigenvalue weighted by Crippen LogP contribution is -2.60. The number of nitrogens with two attached hydrogens (primary N) is 3. The quantitative estimate of drug-likeness (QED) is 0.0211. The summed E-state index contributed by atoms with van der Waals surface area (Å²) in [6.07, 6.45) is 5.19. The van der Waals surface area contributed by atoms with Crippen LogP contribution in [0.4, 0.5) is 0 Å². The molecule has 0 aliphatic heterocycles. The number of aliphatic imine (C=N–C) groups is 1. The molecule has 2 heterocycles. The summed E-state index contributed by atoms with van der Waals surface area (Å²) in [5, 5.41) is 33.4. The zero-order valence-electron chi connectivity index (χ0n) is 35.5. The highest BCUT2D eigenvalue weighted by Gasteiger charge is 2.34. The number of benzene rings is 2. The molecule has 0 aliphatic carbocycles. The van der Waals surface area contributed by atoms with Crippen molar-refractivity contribution in [2.75, 3.05) is 6.54 Å². The molecule has 0 aliphatic rings. The molecule has 0 fully saturated rings. The van der Waals surface area contributed by atoms with E-state index in [1.54, 1.807) is 42.6 Å². The van der Waals surface area contributed by atoms with E-state index < -0.39 is 84.1 Å². The molecule has 2 aromatic heterocycles. The fraction of sp³-hybridized carbons (Fsp3) is 0.419. The first-order valence-electron chi connectivity index (χ1n) is 21.0. The summed E-state index contributed by atoms with van der Waals surface area (Å²) in [4.78, 5) is 107. The van der Waals surface area contributed by atoms with Crippen LogP contribution in [0.5, 0.6) is 0 Å². The van der Waals surface area contributed by atoms with Crippen molar-refractivity contribution < 1.29 is 43.8 Å². The van der Waals surface area contributed by atoms with E-state index in [1.807, 2.05) is 25.1 Å². The summed E-state index contributed by atoms with van der Waals surface area (Å²) < 4.78 is 0. The number of unbranched alkanes of at least 4 members (excludes halogenated alkanes) is 1. The van der Waals surface area contributed by atoms with E-state index in [1.165, 1.54) is 12.5 Å². The maximum Gasteiger partial charge on any atom is 0.326 e. The van der Waals surface area contributed by atoms with Crippen molar-refractivity contribution in [2.45, 2.75) is 107 Å². The third kappa shape index (κ3) is 15.9. The number of nitrogens with one attached hydrogen (secondary N) is 7. The molecular weight excluding hydrogens is 829 g/mol. The van der Waals surface area contributed by atoms with E-state index in [0.717, 1.165) is 17.3 Å². The van der Waals surface area contributed by atoms with Crippen molar-refractivity contribution >= 4 is 58.3 Å². The van der Waals surface area contributed by atoms with Gasteiger partial charge in [-0.25, -0.2) is 9.78 Å². The summed E-state index contributed by atoms with van der Waals surface area (Å²) in [5.41, 5.74) is 19.5. The van der Waals surface area contributed by atoms with E-state index in [0.29, 0.717) is 29.7 Å². The molecule has 0 radical (unpaired) electrons. The van der Waals surface area contributed by atoms with Crippen LogP contribution in [-0.2, 0) is 52.8 Å². The Bertz CT molecular complexity index is 2210. The van der Waals surface area contributed by atoms with E-state index >= 15 is 0 Å². The van der Waals surface area contributed by atoms with Crippen LogP contribution in [0.15, 0.2) is 78.3 Å². The normalized spacial score (nSPS) is 13.8. The predicted octanol–water partition coefficient (Wildman–Crippen LogP) is -0.137. The van der Waals surface area contributed by atoms with Crippen LogP contribution >= 0.6 is 0 Å². The zero-order chi connectivity index (χ0) is 46.6. The molecule has 0 spiro atoms. The summed E-state index contributed by atoms with van der Waals surface area (Å²) in [6, 6.07) is 8.09. The second-order valence-corrected chi connectivity index (χ2v) is 15.3. The summed E-state index contributed by atoms with van der Waals surface area (Å²) in [7, 11) is 0. The number of rotatable bonds is 27. The van der Waals surface area contributed by atoms with Crippen LogP contribution in [0.3, 0.4) is 0 Å². The van der Waals surface area contributed by atoms with E-state index in [2.05, 4.69) is 46.5 Å². The number of aliphatic carboxylic acids is 2. The maximum absolute atomic E-state index is 14.3. The summed E-state index contributed by atoms with van der Waals surface area (Å²) in [5.74, 6) is -6.75. The van der Waals surface area contributed by atoms with Gasteiger partial charge in [-0.1, -0.05) is 68.3 Å². The molecule has 0 saturated carbocycles. The lowest BCUT2D eigenvalue weighted by atomic mass is 10.0. The fourth-order valence-electron chi connectivity index (χ4n) is 6.84. The smallest absolute Gasteiger partial charge is 0.326 e. The topological polar surface area (TPSA) is 355 Å². The molecule has 21 heteroatoms. The van der Waals surface area contributed by atoms with Gasteiger partial charge >= 0.3 is 11.9 Å². The molecule has 0 unspecified atom stereocenters. The van der Waals surface area contributed by atoms with Gasteiger partial charge < -0.3 is 64.0 Å². The summed E-state index contributed by atoms with van der Waals surface area (Å²) >= 11 is 0. The van der Waals surface area contributed by atoms with Gasteiger partial charge in [-0.2, -0.15) is 0 Å². The highest BCUT2D eigenvalue weighted by molar-refractivity contribution is 5.97. The van der Waals surface area contributed by atoms with Gasteiger partial charge in [-0.15, -0.1) is 0 Å². The first kappa shape index (κ1) is 49.4. The average Bonchev–Trinajstić information content (AvgIpc) is 3.94. The molecule has 5 amide bonds. The minimum absolute atomic E-state index is 0.0379. The molecule has 15 N–H and O–H groups in total. The van der Waals surface area contributed by atoms with E-state index in [-0.39, 0.29) is 51.0 Å². The molecule has 344 valence electrons. The Balaban J connectivity index is 1.60. The van der Waals surface area contributed by atoms with Crippen LogP contribution in [0.25, 0.3) is 10.9 Å². The Hall–Kier alpha value is -7.29. The largest absolute Gasteiger partial charge is 0.481 e. The molecule has 4 aromatic rings. The van der Waals surface area contributed by atoms with Crippen molar-refractivity contribution in [3.8, 4) is 0 Å². The molecule has 2 aromatic carbocycles. The number of imidazole rings is 1. The number of carbonyl (C=O) groups is 7. The van der Waals surface area contributed by atoms with Gasteiger partial charge in [0.05, 0.1) is 12.4 Å². The van der Waals surface area contributed by atoms with E-state index in [4.69, 9.17) is 17.2 Å². The highest BCUT2D eigenvalue weighted by Crippen LogP contribution is 2.19. The zero-order valence-corrected chi connectivity index (χ0v) is 35.5. The standard InChI is InChI=1S/C43H58N12O9/c1-2-3-13-29(44)37(58)51-32(16-17-36(56)57)39(60)54-34(21-27-23-47-24-50-27)41(62)53-33(19-25-10-5-4-6-11-25)40(61)52-31(15-9-18-48-43(45)46)38(59)55-35(42(63)64)20-26-22-49-30-14-8-7-12-28(26)30/h4-8,10-12,14,22-24,29,31-35,49H,2-3,9,13,15-21,44H2,1H3,(H,47,50)(H,51,58)(H,52,61)(H,53,62)(H,54,60)(H,55,59)(H,56,57)(H,63,64)(H4,45,46,48)/t29-,31-,32-,33+,34-,35-/m0/s1. The van der Waals surface area contributed by atoms with Crippen LogP contribution in [0, 0.1) is 0 Å². The minimum Gasteiger partial charge on any atom is -0.481 e. The number of nitrogens with zero attached hydrogens (tertiary/aromatic N) is 2. The SMILES string of the molecule is CCCC[C@H](N)C(=O)N[C@@H](CCC(=O)O)C(=O)N[C@@H](Cc1cnc[nH]1)C(=O)N[C@H](Cc1ccccc1)C(=O)N[C@@H](CCCN=C(N)N)C(=O)N[C@@H](Cc1c[nH]c2ccccc12)C(=O)O. The van der Waals surface area contributed by atoms with Crippen molar-refractivity contribution in [2.24, 2.45) is 22.2 Å². The molecule has 4 rings (SSSR count). The number of aromatic amines is 2. The average molecular weight is 887 g/mol. The van der Waals surface area contributed by atoms with Crippen LogP contribution in [0.2, 0.25) is 0 Å². The number of H-pyrrole nitrogens is 2. The first-order valence-corrected chi connectivity index (χ1v) is 21.0. The van der Waals surface area contributed by atoms with Gasteiger partial charge in [-0.3, -0.25) is 33.8 Å². The molecule has 64 heavy (non-hydrogen) atoms. The molecule has 21 nitrogen and oxygen atoms in total. The number of carboxylic acid groups (broad SMARTS) is 2. The Labute approximate surface area is 369 Å². The van der Waals surface area contributed by atoms with Gasteiger partial charge in [-0.05, 0) is 42.9 Å². The number of hydrogen-bond donors (Lipinski definition) is 12. The Morgan fingerprint density at radius 2 is 1.28 bits per heavy atom. The van der Waals surface area contributed by atoms with Gasteiger partial charge in [0.1, 0.15) is 30.2 Å². The number of fused-ring (bicyclic) bond motifs is 1. The van der Waals surface area contributed by atoms with Crippen LogP contribution < -0.4 is 43.8 Å². The molecule has 6 atom stereocenters. The number of aromatic nitrogens is 3. The number of carbonyl (C=O) groups excluding carboxylic acids is 5. The fourth-order valence-corrected chi connectivity index (χ4v) is 6.84. The minimum atomic E-state index is -1.41. The molecular formula is C43H58N12O9. The highest BCUT2D eigenvalue weighted by atomic mass is 16.4. The number of amides is 5.